The maximum absolute atomic E-state index is 12.2. The van der Waals surface area contributed by atoms with Crippen LogP contribution in [-0.2, 0) is 24.3 Å². The normalized spacial score (nSPS) is 10.8. The molecular formula is C18H18N4O9S. The van der Waals surface area contributed by atoms with Gasteiger partial charge < -0.3 is 15.2 Å². The number of anilines is 1. The number of nitrogens with one attached hydrogen (secondary N) is 2. The van der Waals surface area contributed by atoms with E-state index >= 15 is 0 Å². The van der Waals surface area contributed by atoms with Crippen molar-refractivity contribution in [1.82, 2.24) is 10.0 Å². The number of methoxy groups -OCH3 is 1. The van der Waals surface area contributed by atoms with Crippen LogP contribution in [0.4, 0.5) is 11.4 Å². The average molecular weight is 466 g/mol. The third kappa shape index (κ3) is 6.23. The molecule has 2 amide bonds. The van der Waals surface area contributed by atoms with Crippen molar-refractivity contribution in [3.63, 3.8) is 0 Å². The Hall–Kier alpha value is -4.04. The van der Waals surface area contributed by atoms with Gasteiger partial charge in [-0.3, -0.25) is 29.8 Å². The minimum atomic E-state index is -4.31. The topological polar surface area (TPSA) is 197 Å². The van der Waals surface area contributed by atoms with E-state index < -0.39 is 56.5 Å². The van der Waals surface area contributed by atoms with Crippen molar-refractivity contribution in [2.45, 2.75) is 4.90 Å². The van der Waals surface area contributed by atoms with Crippen LogP contribution in [0.25, 0.3) is 0 Å². The van der Waals surface area contributed by atoms with Gasteiger partial charge in [-0.15, -0.1) is 0 Å². The Morgan fingerprint density at radius 3 is 2.50 bits per heavy atom. The van der Waals surface area contributed by atoms with E-state index in [4.69, 9.17) is 10.5 Å². The number of amides is 2. The van der Waals surface area contributed by atoms with Gasteiger partial charge in [-0.05, 0) is 24.3 Å². The van der Waals surface area contributed by atoms with Crippen molar-refractivity contribution in [3.8, 4) is 5.75 Å². The maximum Gasteiger partial charge on any atom is 0.321 e. The Labute approximate surface area is 181 Å². The van der Waals surface area contributed by atoms with E-state index in [0.29, 0.717) is 0 Å². The number of nitro benzene ring substituents is 1. The lowest BCUT2D eigenvalue weighted by atomic mass is 10.2. The zero-order valence-corrected chi connectivity index (χ0v) is 17.4. The van der Waals surface area contributed by atoms with E-state index in [2.05, 4.69) is 4.74 Å². The van der Waals surface area contributed by atoms with Crippen molar-refractivity contribution < 1.29 is 37.2 Å². The Morgan fingerprint density at radius 2 is 1.84 bits per heavy atom. The van der Waals surface area contributed by atoms with Crippen LogP contribution < -0.4 is 20.5 Å². The molecule has 0 radical (unpaired) electrons. The first kappa shape index (κ1) is 24.2. The molecule has 0 heterocycles. The number of esters is 1. The number of carbonyl (C=O) groups excluding carboxylic acids is 3. The van der Waals surface area contributed by atoms with Crippen LogP contribution in [0.3, 0.4) is 0 Å². The monoisotopic (exact) mass is 466 g/mol. The molecule has 0 aliphatic carbocycles. The van der Waals surface area contributed by atoms with Gasteiger partial charge in [-0.25, -0.2) is 8.42 Å². The quantitative estimate of drug-likeness (QED) is 0.195. The number of hydrogen-bond acceptors (Lipinski definition) is 10. The van der Waals surface area contributed by atoms with Crippen molar-refractivity contribution in [2.75, 3.05) is 26.0 Å². The van der Waals surface area contributed by atoms with Crippen LogP contribution >= 0.6 is 0 Å². The van der Waals surface area contributed by atoms with Gasteiger partial charge in [-0.1, -0.05) is 12.1 Å². The molecule has 170 valence electrons. The largest absolute Gasteiger partial charge is 0.496 e. The number of nitrogens with zero attached hydrogens (tertiary/aromatic N) is 1. The van der Waals surface area contributed by atoms with Gasteiger partial charge in [0.1, 0.15) is 18.0 Å². The fourth-order valence-electron chi connectivity index (χ4n) is 2.35. The van der Waals surface area contributed by atoms with Gasteiger partial charge in [0.05, 0.1) is 22.5 Å². The van der Waals surface area contributed by atoms with E-state index in [9.17, 15) is 32.9 Å². The van der Waals surface area contributed by atoms with Crippen molar-refractivity contribution in [3.05, 3.63) is 58.1 Å². The molecule has 4 N–H and O–H groups in total. The number of nitro groups is 1. The van der Waals surface area contributed by atoms with E-state index in [-0.39, 0.29) is 17.0 Å². The van der Waals surface area contributed by atoms with Gasteiger partial charge in [0.25, 0.3) is 17.5 Å². The molecule has 0 atom stereocenters. The van der Waals surface area contributed by atoms with Crippen LogP contribution in [0.15, 0.2) is 47.4 Å². The standard InChI is InChI=1S/C18H18N4O9S/c1-30-15-5-3-2-4-12(15)18(25)21-16(23)10-31-17(24)9-20-32(28,29)11-6-7-13(19)14(8-11)22(26)27/h2-8,20H,9-10,19H2,1H3,(H,21,23,25). The summed E-state index contributed by atoms with van der Waals surface area (Å²) in [4.78, 5) is 45.2. The SMILES string of the molecule is COc1ccccc1C(=O)NC(=O)COC(=O)CNS(=O)(=O)c1ccc(N)c([N+](=O)[O-])c1. The number of nitrogen functional groups attached to an aromatic ring is 1. The minimum absolute atomic E-state index is 0.0834. The van der Waals surface area contributed by atoms with Gasteiger partial charge in [-0.2, -0.15) is 4.72 Å². The molecular weight excluding hydrogens is 448 g/mol. The highest BCUT2D eigenvalue weighted by molar-refractivity contribution is 7.89. The van der Waals surface area contributed by atoms with Crippen LogP contribution in [-0.4, -0.2) is 51.4 Å². The average Bonchev–Trinajstić information content (AvgIpc) is 2.76. The zero-order chi connectivity index (χ0) is 23.9. The molecule has 14 heteroatoms. The van der Waals surface area contributed by atoms with Gasteiger partial charge >= 0.3 is 5.97 Å². The summed E-state index contributed by atoms with van der Waals surface area (Å²) in [5, 5.41) is 12.9. The number of para-hydroxylation sites is 1. The minimum Gasteiger partial charge on any atom is -0.496 e. The van der Waals surface area contributed by atoms with E-state index in [1.165, 1.54) is 19.2 Å². The molecule has 0 fully saturated rings. The molecule has 0 aliphatic heterocycles. The highest BCUT2D eigenvalue weighted by Crippen LogP contribution is 2.24. The Kier molecular flexibility index (Phi) is 7.81. The van der Waals surface area contributed by atoms with E-state index in [1.807, 2.05) is 10.0 Å². The predicted molar refractivity (Wildman–Crippen MR) is 109 cm³/mol. The van der Waals surface area contributed by atoms with Crippen molar-refractivity contribution in [2.24, 2.45) is 0 Å². The molecule has 0 unspecified atom stereocenters. The number of sulfonamides is 1. The number of benzene rings is 2. The molecule has 0 saturated heterocycles. The number of nitrogens with two attached hydrogens (primary N) is 1. The summed E-state index contributed by atoms with van der Waals surface area (Å²) in [6, 6.07) is 8.92. The molecule has 32 heavy (non-hydrogen) atoms. The fraction of sp³-hybridized carbons (Fsp3) is 0.167. The second kappa shape index (κ2) is 10.3. The highest BCUT2D eigenvalue weighted by Gasteiger charge is 2.22. The molecule has 0 saturated carbocycles. The predicted octanol–water partition coefficient (Wildman–Crippen LogP) is -0.0363. The van der Waals surface area contributed by atoms with E-state index in [0.717, 1.165) is 18.2 Å². The zero-order valence-electron chi connectivity index (χ0n) is 16.6. The summed E-state index contributed by atoms with van der Waals surface area (Å²) in [6.45, 7) is -1.72. The van der Waals surface area contributed by atoms with Crippen LogP contribution in [0.2, 0.25) is 0 Å². The van der Waals surface area contributed by atoms with Gasteiger partial charge in [0.2, 0.25) is 10.0 Å². The van der Waals surface area contributed by atoms with Crippen LogP contribution in [0.5, 0.6) is 5.75 Å². The molecule has 0 aliphatic rings. The summed E-state index contributed by atoms with van der Waals surface area (Å²) in [5.74, 6) is -2.63. The first-order valence-electron chi connectivity index (χ1n) is 8.71. The lowest BCUT2D eigenvalue weighted by molar-refractivity contribution is -0.384. The number of rotatable bonds is 9. The highest BCUT2D eigenvalue weighted by atomic mass is 32.2. The molecule has 2 aromatic rings. The molecule has 0 spiro atoms. The maximum atomic E-state index is 12.2. The molecule has 13 nitrogen and oxygen atoms in total. The van der Waals surface area contributed by atoms with Crippen LogP contribution in [0, 0.1) is 10.1 Å². The fourth-order valence-corrected chi connectivity index (χ4v) is 3.33. The third-order valence-corrected chi connectivity index (χ3v) is 5.28. The summed E-state index contributed by atoms with van der Waals surface area (Å²) in [5.41, 5.74) is 4.64. The molecule has 2 aromatic carbocycles. The number of hydrogen-bond donors (Lipinski definition) is 3. The van der Waals surface area contributed by atoms with Crippen LogP contribution in [0.1, 0.15) is 10.4 Å². The lowest BCUT2D eigenvalue weighted by Crippen LogP contribution is -2.36. The number of ether oxygens (including phenoxy) is 2. The van der Waals surface area contributed by atoms with Crippen molar-refractivity contribution >= 4 is 39.2 Å². The van der Waals surface area contributed by atoms with Gasteiger partial charge in [0.15, 0.2) is 6.61 Å². The summed E-state index contributed by atoms with van der Waals surface area (Å²) >= 11 is 0. The van der Waals surface area contributed by atoms with E-state index in [1.54, 1.807) is 12.1 Å². The van der Waals surface area contributed by atoms with Gasteiger partial charge in [0, 0.05) is 6.07 Å². The first-order chi connectivity index (χ1) is 15.0. The Bertz CT molecular complexity index is 1160. The molecule has 0 bridgehead atoms. The molecule has 2 rings (SSSR count). The Morgan fingerprint density at radius 1 is 1.16 bits per heavy atom. The second-order valence-electron chi connectivity index (χ2n) is 6.04. The Balaban J connectivity index is 1.89. The van der Waals surface area contributed by atoms with Crippen molar-refractivity contribution in [1.29, 1.82) is 0 Å². The lowest BCUT2D eigenvalue weighted by Gasteiger charge is -2.09. The first-order valence-corrected chi connectivity index (χ1v) is 10.2. The number of imide groups is 1. The molecule has 0 aromatic heterocycles. The second-order valence-corrected chi connectivity index (χ2v) is 7.81. The third-order valence-electron chi connectivity index (χ3n) is 3.88. The summed E-state index contributed by atoms with van der Waals surface area (Å²) in [6.07, 6.45) is 0. The smallest absolute Gasteiger partial charge is 0.321 e. The number of carbonyl (C=O) groups is 3. The summed E-state index contributed by atoms with van der Waals surface area (Å²) < 4.78 is 35.9. The summed E-state index contributed by atoms with van der Waals surface area (Å²) in [7, 11) is -2.96.